The number of sulfonamides is 1. The van der Waals surface area contributed by atoms with Gasteiger partial charge in [0.15, 0.2) is 5.75 Å². The number of nitrogens with zero attached hydrogens (tertiary/aromatic N) is 4. The predicted molar refractivity (Wildman–Crippen MR) is 81.3 cm³/mol. The molecule has 1 aliphatic heterocycles. The summed E-state index contributed by atoms with van der Waals surface area (Å²) in [4.78, 5) is 3.93. The average molecular weight is 338 g/mol. The van der Waals surface area contributed by atoms with Crippen molar-refractivity contribution in [3.63, 3.8) is 0 Å². The quantitative estimate of drug-likeness (QED) is 0.831. The van der Waals surface area contributed by atoms with Gasteiger partial charge in [-0.05, 0) is 19.1 Å². The van der Waals surface area contributed by atoms with Gasteiger partial charge in [0, 0.05) is 25.5 Å². The van der Waals surface area contributed by atoms with Crippen LogP contribution in [-0.2, 0) is 16.6 Å². The lowest BCUT2D eigenvalue weighted by atomic mass is 10.3. The number of aromatic nitrogens is 3. The van der Waals surface area contributed by atoms with E-state index >= 15 is 0 Å². The van der Waals surface area contributed by atoms with Gasteiger partial charge in [-0.1, -0.05) is 0 Å². The summed E-state index contributed by atoms with van der Waals surface area (Å²) >= 11 is 0. The Kier molecular flexibility index (Phi) is 4.33. The minimum absolute atomic E-state index is 0.0101. The Morgan fingerprint density at radius 1 is 1.39 bits per heavy atom. The molecule has 23 heavy (non-hydrogen) atoms. The van der Waals surface area contributed by atoms with E-state index in [1.54, 1.807) is 23.1 Å². The molecule has 1 fully saturated rings. The van der Waals surface area contributed by atoms with E-state index in [0.29, 0.717) is 12.3 Å². The van der Waals surface area contributed by atoms with Crippen molar-refractivity contribution in [2.75, 3.05) is 13.1 Å². The van der Waals surface area contributed by atoms with Crippen molar-refractivity contribution >= 4 is 10.0 Å². The Morgan fingerprint density at radius 2 is 2.22 bits per heavy atom. The number of aliphatic hydroxyl groups is 1. The molecular weight excluding hydrogens is 320 g/mol. The number of ether oxygens (including phenoxy) is 1. The maximum Gasteiger partial charge on any atom is 0.244 e. The lowest BCUT2D eigenvalue weighted by Crippen LogP contribution is -2.31. The maximum atomic E-state index is 12.5. The van der Waals surface area contributed by atoms with E-state index in [1.807, 2.05) is 6.92 Å². The maximum absolute atomic E-state index is 12.5. The van der Waals surface area contributed by atoms with Crippen molar-refractivity contribution in [2.45, 2.75) is 30.6 Å². The number of aryl methyl sites for hydroxylation is 1. The monoisotopic (exact) mass is 338 g/mol. The largest absolute Gasteiger partial charge is 0.483 e. The highest BCUT2D eigenvalue weighted by Crippen LogP contribution is 2.24. The molecule has 1 N–H and O–H groups in total. The highest BCUT2D eigenvalue weighted by atomic mass is 32.2. The molecule has 0 aromatic carbocycles. The van der Waals surface area contributed by atoms with Crippen molar-refractivity contribution in [2.24, 2.45) is 0 Å². The average Bonchev–Trinajstić information content (AvgIpc) is 3.16. The summed E-state index contributed by atoms with van der Waals surface area (Å²) in [6.07, 6.45) is 4.54. The Morgan fingerprint density at radius 3 is 2.87 bits per heavy atom. The van der Waals surface area contributed by atoms with Gasteiger partial charge in [-0.3, -0.25) is 9.67 Å². The van der Waals surface area contributed by atoms with Gasteiger partial charge in [0.05, 0.1) is 18.9 Å². The molecule has 0 unspecified atom stereocenters. The normalized spacial score (nSPS) is 22.3. The van der Waals surface area contributed by atoms with Crippen LogP contribution < -0.4 is 4.74 Å². The summed E-state index contributed by atoms with van der Waals surface area (Å²) in [7, 11) is -3.69. The van der Waals surface area contributed by atoms with Crippen molar-refractivity contribution in [3.05, 3.63) is 36.9 Å². The third kappa shape index (κ3) is 3.21. The topological polar surface area (TPSA) is 97.6 Å². The van der Waals surface area contributed by atoms with Crippen LogP contribution in [0.2, 0.25) is 0 Å². The Labute approximate surface area is 134 Å². The van der Waals surface area contributed by atoms with Crippen LogP contribution in [-0.4, -0.2) is 57.9 Å². The molecule has 1 aliphatic rings. The van der Waals surface area contributed by atoms with Gasteiger partial charge in [0.2, 0.25) is 10.0 Å². The molecular formula is C14H18N4O4S. The number of pyridine rings is 1. The zero-order valence-corrected chi connectivity index (χ0v) is 13.4. The summed E-state index contributed by atoms with van der Waals surface area (Å²) in [6.45, 7) is 2.72. The molecule has 2 atom stereocenters. The van der Waals surface area contributed by atoms with Gasteiger partial charge in [-0.2, -0.15) is 9.40 Å². The molecule has 2 aromatic rings. The lowest BCUT2D eigenvalue weighted by Gasteiger charge is -2.16. The Balaban J connectivity index is 1.73. The fourth-order valence-electron chi connectivity index (χ4n) is 2.44. The van der Waals surface area contributed by atoms with Gasteiger partial charge in [0.25, 0.3) is 0 Å². The van der Waals surface area contributed by atoms with Crippen molar-refractivity contribution in [1.29, 1.82) is 0 Å². The van der Waals surface area contributed by atoms with Gasteiger partial charge in [0.1, 0.15) is 17.1 Å². The first-order valence-electron chi connectivity index (χ1n) is 7.28. The van der Waals surface area contributed by atoms with E-state index in [0.717, 1.165) is 0 Å². The van der Waals surface area contributed by atoms with Crippen LogP contribution in [0.25, 0.3) is 0 Å². The van der Waals surface area contributed by atoms with E-state index < -0.39 is 22.2 Å². The molecule has 2 aromatic heterocycles. The second-order valence-electron chi connectivity index (χ2n) is 5.27. The standard InChI is InChI=1S/C14H18N4O4S/c1-2-17-8-11(6-16-17)22-14-10-18(9-13(14)19)23(20,21)12-4-3-5-15-7-12/h3-8,13-14,19H,2,9-10H2,1H3/t13-,14-/m1/s1. The second-order valence-corrected chi connectivity index (χ2v) is 7.20. The summed E-state index contributed by atoms with van der Waals surface area (Å²) in [6, 6.07) is 3.04. The van der Waals surface area contributed by atoms with Gasteiger partial charge < -0.3 is 9.84 Å². The first-order chi connectivity index (χ1) is 11.0. The third-order valence-electron chi connectivity index (χ3n) is 3.70. The molecule has 124 valence electrons. The molecule has 0 amide bonds. The fraction of sp³-hybridized carbons (Fsp3) is 0.429. The van der Waals surface area contributed by atoms with Crippen LogP contribution in [0.1, 0.15) is 6.92 Å². The smallest absolute Gasteiger partial charge is 0.244 e. The zero-order chi connectivity index (χ0) is 16.4. The zero-order valence-electron chi connectivity index (χ0n) is 12.6. The Bertz CT molecular complexity index is 762. The number of β-amino-alcohol motifs (C(OH)–C–C–N with tert-alkyl or cyclic N) is 1. The summed E-state index contributed by atoms with van der Waals surface area (Å²) in [5, 5.41) is 14.2. The number of hydrogen-bond donors (Lipinski definition) is 1. The second kappa shape index (κ2) is 6.26. The molecule has 0 radical (unpaired) electrons. The van der Waals surface area contributed by atoms with Crippen LogP contribution in [0.15, 0.2) is 41.8 Å². The van der Waals surface area contributed by atoms with E-state index in [9.17, 15) is 13.5 Å². The molecule has 0 bridgehead atoms. The summed E-state index contributed by atoms with van der Waals surface area (Å²) < 4.78 is 33.6. The van der Waals surface area contributed by atoms with Crippen molar-refractivity contribution in [1.82, 2.24) is 19.1 Å². The molecule has 1 saturated heterocycles. The van der Waals surface area contributed by atoms with Crippen LogP contribution in [0.5, 0.6) is 5.75 Å². The van der Waals surface area contributed by atoms with Gasteiger partial charge in [-0.25, -0.2) is 8.42 Å². The van der Waals surface area contributed by atoms with Gasteiger partial charge >= 0.3 is 0 Å². The molecule has 3 heterocycles. The highest BCUT2D eigenvalue weighted by Gasteiger charge is 2.40. The van der Waals surface area contributed by atoms with Crippen LogP contribution >= 0.6 is 0 Å². The minimum atomic E-state index is -3.69. The lowest BCUT2D eigenvalue weighted by molar-refractivity contribution is 0.0736. The number of aliphatic hydroxyl groups excluding tert-OH is 1. The predicted octanol–water partition coefficient (Wildman–Crippen LogP) is 0.111. The molecule has 0 aliphatic carbocycles. The molecule has 0 saturated carbocycles. The van der Waals surface area contributed by atoms with E-state index in [4.69, 9.17) is 4.74 Å². The van der Waals surface area contributed by atoms with Crippen molar-refractivity contribution in [3.8, 4) is 5.75 Å². The van der Waals surface area contributed by atoms with Gasteiger partial charge in [-0.15, -0.1) is 0 Å². The SMILES string of the molecule is CCn1cc(O[C@@H]2CN(S(=O)(=O)c3cccnc3)C[C@H]2O)cn1. The first kappa shape index (κ1) is 15.9. The van der Waals surface area contributed by atoms with Crippen molar-refractivity contribution < 1.29 is 18.3 Å². The summed E-state index contributed by atoms with van der Waals surface area (Å²) in [5.74, 6) is 0.511. The third-order valence-corrected chi connectivity index (χ3v) is 5.51. The Hall–Kier alpha value is -1.97. The molecule has 0 spiro atoms. The van der Waals surface area contributed by atoms with E-state index in [1.165, 1.54) is 22.8 Å². The van der Waals surface area contributed by atoms with Crippen LogP contribution in [0.4, 0.5) is 0 Å². The van der Waals surface area contributed by atoms with Crippen LogP contribution in [0.3, 0.4) is 0 Å². The first-order valence-corrected chi connectivity index (χ1v) is 8.72. The molecule has 9 heteroatoms. The fourth-order valence-corrected chi connectivity index (χ4v) is 3.87. The summed E-state index contributed by atoms with van der Waals surface area (Å²) in [5.41, 5.74) is 0. The minimum Gasteiger partial charge on any atom is -0.483 e. The van der Waals surface area contributed by atoms with Crippen LogP contribution in [0, 0.1) is 0 Å². The van der Waals surface area contributed by atoms with E-state index in [2.05, 4.69) is 10.1 Å². The number of hydrogen-bond acceptors (Lipinski definition) is 6. The molecule has 3 rings (SSSR count). The number of rotatable bonds is 5. The van der Waals surface area contributed by atoms with E-state index in [-0.39, 0.29) is 18.0 Å². The molecule has 8 nitrogen and oxygen atoms in total. The highest BCUT2D eigenvalue weighted by molar-refractivity contribution is 7.89.